The van der Waals surface area contributed by atoms with Crippen molar-refractivity contribution in [2.75, 3.05) is 32.8 Å². The molecule has 1 aliphatic rings. The molecule has 0 saturated carbocycles. The Morgan fingerprint density at radius 1 is 1.33 bits per heavy atom. The monoisotopic (exact) mass is 334 g/mol. The van der Waals surface area contributed by atoms with Gasteiger partial charge in [-0.3, -0.25) is 4.90 Å². The minimum atomic E-state index is -0.280. The molecule has 6 heteroatoms. The molecular formula is C15H24Cl2N2O2. The highest BCUT2D eigenvalue weighted by Crippen LogP contribution is 2.40. The topological polar surface area (TPSA) is 55.7 Å². The molecule has 1 atom stereocenters. The van der Waals surface area contributed by atoms with Gasteiger partial charge < -0.3 is 15.5 Å². The number of benzene rings is 1. The number of rotatable bonds is 4. The van der Waals surface area contributed by atoms with E-state index in [4.69, 9.17) is 11.6 Å². The Kier molecular flexibility index (Phi) is 6.75. The average Bonchev–Trinajstić information content (AvgIpc) is 2.44. The van der Waals surface area contributed by atoms with Gasteiger partial charge in [-0.2, -0.15) is 0 Å². The van der Waals surface area contributed by atoms with Crippen molar-refractivity contribution in [1.29, 1.82) is 0 Å². The van der Waals surface area contributed by atoms with E-state index in [1.165, 1.54) is 0 Å². The Labute approximate surface area is 137 Å². The van der Waals surface area contributed by atoms with Crippen LogP contribution in [0.15, 0.2) is 18.2 Å². The van der Waals surface area contributed by atoms with Crippen LogP contribution >= 0.6 is 24.0 Å². The highest BCUT2D eigenvalue weighted by molar-refractivity contribution is 6.32. The molecule has 4 nitrogen and oxygen atoms in total. The maximum Gasteiger partial charge on any atom is 0.134 e. The van der Waals surface area contributed by atoms with Crippen molar-refractivity contribution in [2.45, 2.75) is 19.9 Å². The fourth-order valence-corrected chi connectivity index (χ4v) is 3.07. The molecule has 1 saturated heterocycles. The normalized spacial score (nSPS) is 18.1. The van der Waals surface area contributed by atoms with Crippen LogP contribution in [0.25, 0.3) is 0 Å². The molecule has 21 heavy (non-hydrogen) atoms. The largest absolute Gasteiger partial charge is 0.506 e. The summed E-state index contributed by atoms with van der Waals surface area (Å²) in [6.07, 6.45) is 0. The van der Waals surface area contributed by atoms with Gasteiger partial charge in [0.2, 0.25) is 0 Å². The average molecular weight is 335 g/mol. The van der Waals surface area contributed by atoms with Gasteiger partial charge in [-0.25, -0.2) is 0 Å². The molecule has 1 aliphatic heterocycles. The lowest BCUT2D eigenvalue weighted by Gasteiger charge is -2.43. The molecule has 0 unspecified atom stereocenters. The zero-order valence-electron chi connectivity index (χ0n) is 12.5. The van der Waals surface area contributed by atoms with Crippen molar-refractivity contribution in [3.63, 3.8) is 0 Å². The van der Waals surface area contributed by atoms with Crippen molar-refractivity contribution in [3.8, 4) is 5.75 Å². The number of halogens is 2. The van der Waals surface area contributed by atoms with E-state index in [-0.39, 0.29) is 36.2 Å². The van der Waals surface area contributed by atoms with Crippen molar-refractivity contribution in [1.82, 2.24) is 10.2 Å². The number of nitrogens with zero attached hydrogens (tertiary/aromatic N) is 1. The van der Waals surface area contributed by atoms with Crippen LogP contribution in [0, 0.1) is 5.41 Å². The number of phenolic OH excluding ortho intramolecular Hbond substituents is 1. The van der Waals surface area contributed by atoms with Crippen LogP contribution in [-0.4, -0.2) is 47.9 Å². The first kappa shape index (κ1) is 18.5. The maximum absolute atomic E-state index is 9.76. The summed E-state index contributed by atoms with van der Waals surface area (Å²) in [5, 5.41) is 23.0. The molecule has 1 aromatic rings. The molecule has 0 radical (unpaired) electrons. The molecule has 0 amide bonds. The molecular weight excluding hydrogens is 311 g/mol. The minimum absolute atomic E-state index is 0. The highest BCUT2D eigenvalue weighted by atomic mass is 35.5. The highest BCUT2D eigenvalue weighted by Gasteiger charge is 2.35. The van der Waals surface area contributed by atoms with Crippen LogP contribution in [-0.2, 0) is 0 Å². The molecule has 2 rings (SSSR count). The second-order valence-electron chi connectivity index (χ2n) is 6.05. The van der Waals surface area contributed by atoms with Gasteiger partial charge in [0.05, 0.1) is 5.02 Å². The summed E-state index contributed by atoms with van der Waals surface area (Å²) >= 11 is 6.05. The van der Waals surface area contributed by atoms with Crippen LogP contribution in [0.1, 0.15) is 25.5 Å². The number of hydrogen-bond acceptors (Lipinski definition) is 4. The van der Waals surface area contributed by atoms with Crippen LogP contribution < -0.4 is 5.32 Å². The number of nitrogens with one attached hydrogen (secondary N) is 1. The van der Waals surface area contributed by atoms with E-state index in [1.54, 1.807) is 12.1 Å². The zero-order valence-corrected chi connectivity index (χ0v) is 14.0. The molecule has 120 valence electrons. The number of hydrogen-bond donors (Lipinski definition) is 3. The number of aliphatic hydroxyl groups is 1. The molecule has 1 heterocycles. The summed E-state index contributed by atoms with van der Waals surface area (Å²) in [4.78, 5) is 2.37. The van der Waals surface area contributed by atoms with Gasteiger partial charge >= 0.3 is 0 Å². The number of phenols is 1. The Morgan fingerprint density at radius 2 is 1.95 bits per heavy atom. The fourth-order valence-electron chi connectivity index (χ4n) is 2.88. The molecule has 1 aromatic carbocycles. The lowest BCUT2D eigenvalue weighted by atomic mass is 9.79. The molecule has 0 bridgehead atoms. The second-order valence-corrected chi connectivity index (χ2v) is 6.45. The fraction of sp³-hybridized carbons (Fsp3) is 0.600. The number of aliphatic hydroxyl groups excluding tert-OH is 1. The van der Waals surface area contributed by atoms with Gasteiger partial charge in [0.25, 0.3) is 0 Å². The lowest BCUT2D eigenvalue weighted by Crippen LogP contribution is -2.49. The minimum Gasteiger partial charge on any atom is -0.506 e. The molecule has 1 fully saturated rings. The van der Waals surface area contributed by atoms with Gasteiger partial charge in [0.15, 0.2) is 0 Å². The van der Waals surface area contributed by atoms with Gasteiger partial charge in [-0.05, 0) is 17.7 Å². The summed E-state index contributed by atoms with van der Waals surface area (Å²) in [7, 11) is 0. The van der Waals surface area contributed by atoms with Crippen molar-refractivity contribution in [2.24, 2.45) is 5.41 Å². The van der Waals surface area contributed by atoms with E-state index < -0.39 is 0 Å². The first-order valence-electron chi connectivity index (χ1n) is 7.00. The summed E-state index contributed by atoms with van der Waals surface area (Å²) in [5.74, 6) is 0.0938. The predicted octanol–water partition coefficient (Wildman–Crippen LogP) is 2.43. The van der Waals surface area contributed by atoms with Crippen LogP contribution in [0.3, 0.4) is 0 Å². The van der Waals surface area contributed by atoms with Crippen LogP contribution in [0.5, 0.6) is 5.75 Å². The van der Waals surface area contributed by atoms with Crippen molar-refractivity contribution in [3.05, 3.63) is 28.8 Å². The molecule has 0 aliphatic carbocycles. The lowest BCUT2D eigenvalue weighted by molar-refractivity contribution is 0.0305. The van der Waals surface area contributed by atoms with E-state index in [9.17, 15) is 10.2 Å². The zero-order chi connectivity index (χ0) is 14.8. The maximum atomic E-state index is 9.76. The van der Waals surface area contributed by atoms with E-state index in [1.807, 2.05) is 6.07 Å². The Hall–Kier alpha value is -0.520. The van der Waals surface area contributed by atoms with Crippen molar-refractivity contribution >= 4 is 24.0 Å². The quantitative estimate of drug-likeness (QED) is 0.791. The Bertz CT molecular complexity index is 463. The van der Waals surface area contributed by atoms with Crippen LogP contribution in [0.2, 0.25) is 5.02 Å². The van der Waals surface area contributed by atoms with E-state index in [0.717, 1.165) is 31.7 Å². The number of piperazine rings is 1. The standard InChI is InChI=1S/C15H23ClN2O2.ClH/c1-15(2,10-19)14(18-7-5-17-6-8-18)11-3-4-13(20)12(16)9-11;/h3-4,9,14,17,19-20H,5-8,10H2,1-2H3;1H/t14-;/m1./s1. The smallest absolute Gasteiger partial charge is 0.134 e. The van der Waals surface area contributed by atoms with Crippen molar-refractivity contribution < 1.29 is 10.2 Å². The third-order valence-electron chi connectivity index (χ3n) is 3.95. The third kappa shape index (κ3) is 4.24. The first-order valence-corrected chi connectivity index (χ1v) is 7.37. The second kappa shape index (κ2) is 7.65. The summed E-state index contributed by atoms with van der Waals surface area (Å²) in [6, 6.07) is 5.40. The van der Waals surface area contributed by atoms with Gasteiger partial charge in [0.1, 0.15) is 5.75 Å². The van der Waals surface area contributed by atoms with E-state index in [0.29, 0.717) is 5.02 Å². The Balaban J connectivity index is 0.00000220. The summed E-state index contributed by atoms with van der Waals surface area (Å²) in [6.45, 7) is 7.98. The van der Waals surface area contributed by atoms with Gasteiger partial charge in [0, 0.05) is 44.2 Å². The SMILES string of the molecule is CC(C)(CO)[C@@H](c1ccc(O)c(Cl)c1)N1CCNCC1.Cl. The molecule has 0 aromatic heterocycles. The summed E-state index contributed by atoms with van der Waals surface area (Å²) < 4.78 is 0. The summed E-state index contributed by atoms with van der Waals surface area (Å²) in [5.41, 5.74) is 0.756. The molecule has 3 N–H and O–H groups in total. The van der Waals surface area contributed by atoms with Gasteiger partial charge in [-0.15, -0.1) is 12.4 Å². The van der Waals surface area contributed by atoms with Crippen LogP contribution in [0.4, 0.5) is 0 Å². The predicted molar refractivity (Wildman–Crippen MR) is 88.4 cm³/mol. The Morgan fingerprint density at radius 3 is 2.48 bits per heavy atom. The van der Waals surface area contributed by atoms with E-state index >= 15 is 0 Å². The number of aromatic hydroxyl groups is 1. The molecule has 0 spiro atoms. The first-order chi connectivity index (χ1) is 9.45. The van der Waals surface area contributed by atoms with E-state index in [2.05, 4.69) is 24.1 Å². The third-order valence-corrected chi connectivity index (χ3v) is 4.25. The van der Waals surface area contributed by atoms with Gasteiger partial charge in [-0.1, -0.05) is 31.5 Å².